The maximum absolute atomic E-state index is 12.4. The van der Waals surface area contributed by atoms with E-state index >= 15 is 0 Å². The average Bonchev–Trinajstić information content (AvgIpc) is 1.83. The molecule has 68 valence electrons. The largest absolute Gasteiger partial charge is 0.389 e. The van der Waals surface area contributed by atoms with E-state index in [0.717, 1.165) is 0 Å². The first kappa shape index (κ1) is 10.7. The molecule has 0 aromatic rings. The maximum atomic E-state index is 12.4. The van der Waals surface area contributed by atoms with Gasteiger partial charge in [0.05, 0.1) is 0 Å². The average molecular weight is 173 g/mol. The van der Waals surface area contributed by atoms with Gasteiger partial charge < -0.3 is 5.32 Å². The van der Waals surface area contributed by atoms with E-state index in [4.69, 9.17) is 0 Å². The van der Waals surface area contributed by atoms with Crippen LogP contribution in [0.5, 0.6) is 0 Å². The van der Waals surface area contributed by atoms with Gasteiger partial charge >= 0.3 is 6.18 Å². The highest BCUT2D eigenvalue weighted by atomic mass is 19.4. The molecule has 1 unspecified atom stereocenters. The van der Waals surface area contributed by atoms with Crippen LogP contribution in [0.25, 0.3) is 0 Å². The van der Waals surface area contributed by atoms with Crippen molar-refractivity contribution in [3.05, 3.63) is 0 Å². The van der Waals surface area contributed by atoms with E-state index in [-0.39, 0.29) is 6.54 Å². The van der Waals surface area contributed by atoms with Gasteiger partial charge in [-0.15, -0.1) is 0 Å². The molecule has 0 rings (SSSR count). The third-order valence-corrected chi connectivity index (χ3v) is 1.17. The Balaban J connectivity index is 3.38. The summed E-state index contributed by atoms with van der Waals surface area (Å²) in [4.78, 5) is 0. The van der Waals surface area contributed by atoms with Crippen molar-refractivity contribution >= 4 is 0 Å². The first-order valence-electron chi connectivity index (χ1n) is 3.31. The topological polar surface area (TPSA) is 12.0 Å². The first-order valence-corrected chi connectivity index (χ1v) is 3.31. The second-order valence-corrected chi connectivity index (χ2v) is 2.31. The smallest absolute Gasteiger partial charge is 0.317 e. The zero-order valence-electron chi connectivity index (χ0n) is 6.21. The van der Waals surface area contributed by atoms with Gasteiger partial charge in [-0.2, -0.15) is 13.2 Å². The van der Waals surface area contributed by atoms with Gasteiger partial charge in [-0.25, -0.2) is 4.39 Å². The van der Waals surface area contributed by atoms with Gasteiger partial charge in [-0.1, -0.05) is 0 Å². The van der Waals surface area contributed by atoms with Crippen molar-refractivity contribution in [2.75, 3.05) is 13.6 Å². The third-order valence-electron chi connectivity index (χ3n) is 1.17. The quantitative estimate of drug-likeness (QED) is 0.640. The Morgan fingerprint density at radius 3 is 2.27 bits per heavy atom. The number of rotatable bonds is 4. The van der Waals surface area contributed by atoms with Gasteiger partial charge in [-0.05, 0) is 13.5 Å². The lowest BCUT2D eigenvalue weighted by atomic mass is 10.2. The zero-order valence-corrected chi connectivity index (χ0v) is 6.21. The molecule has 0 aromatic carbocycles. The lowest BCUT2D eigenvalue weighted by Gasteiger charge is -2.08. The standard InChI is InChI=1S/C6H11F4N/c1-11-4-5(7)2-3-6(8,9)10/h5,11H,2-4H2,1H3. The monoisotopic (exact) mass is 173 g/mol. The predicted molar refractivity (Wildman–Crippen MR) is 34.1 cm³/mol. The fourth-order valence-corrected chi connectivity index (χ4v) is 0.644. The Labute approximate surface area is 62.8 Å². The van der Waals surface area contributed by atoms with Crippen LogP contribution in [-0.2, 0) is 0 Å². The van der Waals surface area contributed by atoms with Gasteiger partial charge in [0.2, 0.25) is 0 Å². The molecule has 0 heterocycles. The third kappa shape index (κ3) is 7.58. The number of halogens is 4. The molecule has 0 aromatic heterocycles. The molecule has 0 fully saturated rings. The van der Waals surface area contributed by atoms with Crippen LogP contribution in [-0.4, -0.2) is 25.9 Å². The molecule has 0 bridgehead atoms. The van der Waals surface area contributed by atoms with Crippen LogP contribution >= 0.6 is 0 Å². The molecular weight excluding hydrogens is 162 g/mol. The molecule has 0 spiro atoms. The molecule has 0 aliphatic heterocycles. The lowest BCUT2D eigenvalue weighted by Crippen LogP contribution is -2.21. The lowest BCUT2D eigenvalue weighted by molar-refractivity contribution is -0.138. The summed E-state index contributed by atoms with van der Waals surface area (Å²) in [7, 11) is 1.50. The molecule has 5 heteroatoms. The number of nitrogens with one attached hydrogen (secondary N) is 1. The van der Waals surface area contributed by atoms with Crippen molar-refractivity contribution in [3.8, 4) is 0 Å². The number of alkyl halides is 4. The molecule has 0 saturated heterocycles. The van der Waals surface area contributed by atoms with Crippen molar-refractivity contribution in [2.45, 2.75) is 25.2 Å². The fraction of sp³-hybridized carbons (Fsp3) is 1.00. The molecular formula is C6H11F4N. The van der Waals surface area contributed by atoms with E-state index in [1.165, 1.54) is 7.05 Å². The summed E-state index contributed by atoms with van der Waals surface area (Å²) >= 11 is 0. The second-order valence-electron chi connectivity index (χ2n) is 2.31. The summed E-state index contributed by atoms with van der Waals surface area (Å²) in [5.41, 5.74) is 0. The summed E-state index contributed by atoms with van der Waals surface area (Å²) in [5, 5.41) is 2.46. The van der Waals surface area contributed by atoms with Gasteiger partial charge in [0.25, 0.3) is 0 Å². The van der Waals surface area contributed by atoms with Crippen molar-refractivity contribution < 1.29 is 17.6 Å². The fourth-order valence-electron chi connectivity index (χ4n) is 0.644. The molecule has 1 atom stereocenters. The maximum Gasteiger partial charge on any atom is 0.389 e. The Morgan fingerprint density at radius 1 is 1.36 bits per heavy atom. The summed E-state index contributed by atoms with van der Waals surface area (Å²) in [6.07, 6.45) is -7.14. The van der Waals surface area contributed by atoms with E-state index in [9.17, 15) is 17.6 Å². The normalized spacial score (nSPS) is 15.0. The Morgan fingerprint density at radius 2 is 1.91 bits per heavy atom. The van der Waals surface area contributed by atoms with E-state index in [1.807, 2.05) is 0 Å². The minimum absolute atomic E-state index is 0.0178. The van der Waals surface area contributed by atoms with E-state index in [0.29, 0.717) is 0 Å². The van der Waals surface area contributed by atoms with Crippen molar-refractivity contribution in [3.63, 3.8) is 0 Å². The Bertz CT molecular complexity index is 101. The van der Waals surface area contributed by atoms with Gasteiger partial charge in [0.15, 0.2) is 0 Å². The Hall–Kier alpha value is -0.320. The van der Waals surface area contributed by atoms with Crippen LogP contribution in [0.4, 0.5) is 17.6 Å². The van der Waals surface area contributed by atoms with Crippen LogP contribution < -0.4 is 5.32 Å². The first-order chi connectivity index (χ1) is 4.95. The van der Waals surface area contributed by atoms with Crippen LogP contribution in [0.15, 0.2) is 0 Å². The molecule has 0 aliphatic carbocycles. The van der Waals surface area contributed by atoms with Gasteiger partial charge in [-0.3, -0.25) is 0 Å². The number of hydrogen-bond acceptors (Lipinski definition) is 1. The molecule has 1 N–H and O–H groups in total. The molecule has 0 saturated carbocycles. The summed E-state index contributed by atoms with van der Waals surface area (Å²) in [6.45, 7) is -0.0178. The molecule has 0 aliphatic rings. The summed E-state index contributed by atoms with van der Waals surface area (Å²) < 4.78 is 46.8. The molecule has 0 amide bonds. The van der Waals surface area contributed by atoms with E-state index in [2.05, 4.69) is 5.32 Å². The van der Waals surface area contributed by atoms with Gasteiger partial charge in [0, 0.05) is 13.0 Å². The minimum atomic E-state index is -4.24. The summed E-state index contributed by atoms with van der Waals surface area (Å²) in [6, 6.07) is 0. The second kappa shape index (κ2) is 4.54. The van der Waals surface area contributed by atoms with E-state index < -0.39 is 25.2 Å². The highest BCUT2D eigenvalue weighted by Gasteiger charge is 2.27. The molecule has 1 nitrogen and oxygen atoms in total. The van der Waals surface area contributed by atoms with Gasteiger partial charge in [0.1, 0.15) is 6.17 Å². The predicted octanol–water partition coefficient (Wildman–Crippen LogP) is 1.89. The molecule has 0 radical (unpaired) electrons. The van der Waals surface area contributed by atoms with Crippen molar-refractivity contribution in [1.82, 2.24) is 5.32 Å². The van der Waals surface area contributed by atoms with Crippen LogP contribution in [0, 0.1) is 0 Å². The van der Waals surface area contributed by atoms with Crippen LogP contribution in [0.3, 0.4) is 0 Å². The van der Waals surface area contributed by atoms with Crippen LogP contribution in [0.2, 0.25) is 0 Å². The highest BCUT2D eigenvalue weighted by Crippen LogP contribution is 2.22. The summed E-state index contributed by atoms with van der Waals surface area (Å²) in [5.74, 6) is 0. The van der Waals surface area contributed by atoms with E-state index in [1.54, 1.807) is 0 Å². The molecule has 11 heavy (non-hydrogen) atoms. The highest BCUT2D eigenvalue weighted by molar-refractivity contribution is 4.61. The number of hydrogen-bond donors (Lipinski definition) is 1. The SMILES string of the molecule is CNCC(F)CCC(F)(F)F. The van der Waals surface area contributed by atoms with Crippen molar-refractivity contribution in [1.29, 1.82) is 0 Å². The Kier molecular flexibility index (Phi) is 4.40. The van der Waals surface area contributed by atoms with Crippen LogP contribution in [0.1, 0.15) is 12.8 Å². The minimum Gasteiger partial charge on any atom is -0.317 e. The van der Waals surface area contributed by atoms with Crippen molar-refractivity contribution in [2.24, 2.45) is 0 Å². The zero-order chi connectivity index (χ0) is 8.91.